The van der Waals surface area contributed by atoms with Gasteiger partial charge in [-0.15, -0.1) is 11.3 Å². The Balaban J connectivity index is 2.26. The Hall–Kier alpha value is -0.260. The molecule has 19 heavy (non-hydrogen) atoms. The van der Waals surface area contributed by atoms with Gasteiger partial charge in [-0.2, -0.15) is 5.10 Å². The Morgan fingerprint density at radius 2 is 2.11 bits per heavy atom. The summed E-state index contributed by atoms with van der Waals surface area (Å²) in [6.45, 7) is 1.99. The van der Waals surface area contributed by atoms with Crippen LogP contribution in [0.5, 0.6) is 0 Å². The van der Waals surface area contributed by atoms with E-state index in [4.69, 9.17) is 34.8 Å². The van der Waals surface area contributed by atoms with Gasteiger partial charge in [0.25, 0.3) is 0 Å². The number of aliphatic hydroxyl groups excluding tert-OH is 1. The molecule has 0 bridgehead atoms. The highest BCUT2D eigenvalue weighted by Crippen LogP contribution is 2.37. The predicted molar refractivity (Wildman–Crippen MR) is 80.6 cm³/mol. The van der Waals surface area contributed by atoms with Gasteiger partial charge >= 0.3 is 0 Å². The minimum Gasteiger partial charge on any atom is -0.388 e. The van der Waals surface area contributed by atoms with Crippen LogP contribution >= 0.6 is 46.1 Å². The second-order valence-electron chi connectivity index (χ2n) is 4.18. The van der Waals surface area contributed by atoms with Crippen molar-refractivity contribution >= 4 is 46.1 Å². The van der Waals surface area contributed by atoms with E-state index in [0.717, 1.165) is 17.8 Å². The SMILES string of the molecule is CCc1nn(C)c(CC(O)c2cc(Cl)sc2Cl)c1Cl. The zero-order valence-corrected chi connectivity index (χ0v) is 13.5. The molecular weight excluding hydrogens is 327 g/mol. The number of halogens is 3. The Kier molecular flexibility index (Phi) is 4.79. The highest BCUT2D eigenvalue weighted by molar-refractivity contribution is 7.20. The van der Waals surface area contributed by atoms with Crippen molar-refractivity contribution in [2.45, 2.75) is 25.9 Å². The molecule has 2 rings (SSSR count). The topological polar surface area (TPSA) is 38.0 Å². The fraction of sp³-hybridized carbons (Fsp3) is 0.417. The van der Waals surface area contributed by atoms with E-state index in [-0.39, 0.29) is 0 Å². The number of thiophene rings is 1. The third-order valence-corrected chi connectivity index (χ3v) is 4.89. The molecule has 0 saturated carbocycles. The number of hydrogen-bond acceptors (Lipinski definition) is 3. The molecule has 2 aromatic rings. The van der Waals surface area contributed by atoms with Crippen LogP contribution in [0.1, 0.15) is 30.0 Å². The van der Waals surface area contributed by atoms with Gasteiger partial charge in [0.15, 0.2) is 0 Å². The lowest BCUT2D eigenvalue weighted by atomic mass is 10.1. The van der Waals surface area contributed by atoms with E-state index < -0.39 is 6.10 Å². The quantitative estimate of drug-likeness (QED) is 0.903. The molecule has 104 valence electrons. The smallest absolute Gasteiger partial charge is 0.100 e. The average Bonchev–Trinajstić information content (AvgIpc) is 2.82. The summed E-state index contributed by atoms with van der Waals surface area (Å²) in [6.07, 6.45) is 0.372. The van der Waals surface area contributed by atoms with Crippen LogP contribution in [0, 0.1) is 0 Å². The molecule has 0 saturated heterocycles. The van der Waals surface area contributed by atoms with Crippen molar-refractivity contribution in [3.8, 4) is 0 Å². The molecule has 0 amide bonds. The second-order valence-corrected chi connectivity index (χ2v) is 6.85. The first-order valence-corrected chi connectivity index (χ1v) is 7.72. The van der Waals surface area contributed by atoms with Crippen LogP contribution in [0.2, 0.25) is 13.7 Å². The van der Waals surface area contributed by atoms with Gasteiger partial charge in [0, 0.05) is 19.0 Å². The van der Waals surface area contributed by atoms with Crippen LogP contribution in [0.15, 0.2) is 6.07 Å². The second kappa shape index (κ2) is 6.02. The van der Waals surface area contributed by atoms with Gasteiger partial charge in [0.2, 0.25) is 0 Å². The minimum atomic E-state index is -0.742. The van der Waals surface area contributed by atoms with E-state index >= 15 is 0 Å². The largest absolute Gasteiger partial charge is 0.388 e. The molecule has 1 atom stereocenters. The number of aliphatic hydroxyl groups is 1. The number of hydrogen-bond donors (Lipinski definition) is 1. The molecule has 7 heteroatoms. The maximum absolute atomic E-state index is 10.3. The maximum atomic E-state index is 10.3. The Bertz CT molecular complexity index is 594. The summed E-state index contributed by atoms with van der Waals surface area (Å²) in [4.78, 5) is 0. The van der Waals surface area contributed by atoms with Crippen LogP contribution < -0.4 is 0 Å². The third-order valence-electron chi connectivity index (χ3n) is 2.93. The first kappa shape index (κ1) is 15.1. The van der Waals surface area contributed by atoms with E-state index in [1.165, 1.54) is 11.3 Å². The van der Waals surface area contributed by atoms with Crippen molar-refractivity contribution < 1.29 is 5.11 Å². The zero-order chi connectivity index (χ0) is 14.2. The number of nitrogens with zero attached hydrogens (tertiary/aromatic N) is 2. The number of rotatable bonds is 4. The fourth-order valence-corrected chi connectivity index (χ4v) is 3.85. The standard InChI is InChI=1S/C12H13Cl3N2OS/c1-3-7-11(14)8(17(2)16-7)5-9(18)6-4-10(13)19-12(6)15/h4,9,18H,3,5H2,1-2H3. The molecule has 0 radical (unpaired) electrons. The summed E-state index contributed by atoms with van der Waals surface area (Å²) in [6, 6.07) is 1.68. The Morgan fingerprint density at radius 1 is 1.42 bits per heavy atom. The first-order valence-electron chi connectivity index (χ1n) is 5.77. The van der Waals surface area contributed by atoms with Crippen LogP contribution in [0.3, 0.4) is 0 Å². The summed E-state index contributed by atoms with van der Waals surface area (Å²) in [5.74, 6) is 0. The fourth-order valence-electron chi connectivity index (χ4n) is 1.91. The highest BCUT2D eigenvalue weighted by Gasteiger charge is 2.20. The van der Waals surface area contributed by atoms with Crippen molar-refractivity contribution in [1.29, 1.82) is 0 Å². The van der Waals surface area contributed by atoms with E-state index in [0.29, 0.717) is 25.7 Å². The average molecular weight is 340 g/mol. The summed E-state index contributed by atoms with van der Waals surface area (Å²) < 4.78 is 2.77. The highest BCUT2D eigenvalue weighted by atomic mass is 35.5. The van der Waals surface area contributed by atoms with Gasteiger partial charge in [-0.3, -0.25) is 4.68 Å². The predicted octanol–water partition coefficient (Wildman–Crippen LogP) is 4.28. The molecule has 2 heterocycles. The van der Waals surface area contributed by atoms with Crippen molar-refractivity contribution in [2.75, 3.05) is 0 Å². The monoisotopic (exact) mass is 338 g/mol. The zero-order valence-electron chi connectivity index (χ0n) is 10.5. The van der Waals surface area contributed by atoms with Crippen LogP contribution in [0.4, 0.5) is 0 Å². The van der Waals surface area contributed by atoms with Gasteiger partial charge in [-0.1, -0.05) is 41.7 Å². The molecule has 0 aromatic carbocycles. The minimum absolute atomic E-state index is 0.356. The van der Waals surface area contributed by atoms with Gasteiger partial charge in [-0.05, 0) is 12.5 Å². The molecule has 2 aromatic heterocycles. The molecular formula is C12H13Cl3N2OS. The molecule has 0 aliphatic heterocycles. The van der Waals surface area contributed by atoms with E-state index in [1.54, 1.807) is 10.7 Å². The normalized spacial score (nSPS) is 12.9. The van der Waals surface area contributed by atoms with Crippen molar-refractivity contribution in [1.82, 2.24) is 9.78 Å². The number of aryl methyl sites for hydroxylation is 2. The molecule has 0 aliphatic rings. The Labute approximate surface area is 130 Å². The lowest BCUT2D eigenvalue weighted by molar-refractivity contribution is 0.176. The molecule has 1 N–H and O–H groups in total. The van der Waals surface area contributed by atoms with E-state index in [1.807, 2.05) is 14.0 Å². The lowest BCUT2D eigenvalue weighted by Gasteiger charge is -2.10. The van der Waals surface area contributed by atoms with Gasteiger partial charge < -0.3 is 5.11 Å². The third kappa shape index (κ3) is 3.09. The van der Waals surface area contributed by atoms with Crippen molar-refractivity contribution in [3.63, 3.8) is 0 Å². The summed E-state index contributed by atoms with van der Waals surface area (Å²) >= 11 is 19.4. The molecule has 3 nitrogen and oxygen atoms in total. The van der Waals surface area contributed by atoms with Crippen LogP contribution in [0.25, 0.3) is 0 Å². The van der Waals surface area contributed by atoms with Crippen LogP contribution in [-0.2, 0) is 19.9 Å². The molecule has 1 unspecified atom stereocenters. The van der Waals surface area contributed by atoms with Crippen LogP contribution in [-0.4, -0.2) is 14.9 Å². The van der Waals surface area contributed by atoms with E-state index in [9.17, 15) is 5.11 Å². The first-order chi connectivity index (χ1) is 8.93. The van der Waals surface area contributed by atoms with Gasteiger partial charge in [0.1, 0.15) is 4.34 Å². The van der Waals surface area contributed by atoms with Crippen molar-refractivity contribution in [2.24, 2.45) is 7.05 Å². The lowest BCUT2D eigenvalue weighted by Crippen LogP contribution is -2.06. The van der Waals surface area contributed by atoms with Gasteiger partial charge in [0.05, 0.1) is 26.9 Å². The summed E-state index contributed by atoms with van der Waals surface area (Å²) in [7, 11) is 1.81. The van der Waals surface area contributed by atoms with E-state index in [2.05, 4.69) is 5.10 Å². The number of aromatic nitrogens is 2. The molecule has 0 fully saturated rings. The summed E-state index contributed by atoms with van der Waals surface area (Å²) in [5, 5.41) is 15.2. The molecule has 0 spiro atoms. The maximum Gasteiger partial charge on any atom is 0.100 e. The summed E-state index contributed by atoms with van der Waals surface area (Å²) in [5.41, 5.74) is 2.26. The Morgan fingerprint density at radius 3 is 2.58 bits per heavy atom. The van der Waals surface area contributed by atoms with Crippen molar-refractivity contribution in [3.05, 3.63) is 36.7 Å². The molecule has 0 aliphatic carbocycles. The van der Waals surface area contributed by atoms with Gasteiger partial charge in [-0.25, -0.2) is 0 Å².